The van der Waals surface area contributed by atoms with Crippen LogP contribution in [0.4, 0.5) is 0 Å². The highest BCUT2D eigenvalue weighted by molar-refractivity contribution is 6.17. The molecule has 2 nitrogen and oxygen atoms in total. The molecule has 15 heavy (non-hydrogen) atoms. The molecule has 0 saturated heterocycles. The van der Waals surface area contributed by atoms with Crippen molar-refractivity contribution in [3.63, 3.8) is 0 Å². The number of hydrogen-bond acceptors (Lipinski definition) is 1. The zero-order valence-electron chi connectivity index (χ0n) is 8.53. The molecule has 0 spiro atoms. The van der Waals surface area contributed by atoms with Crippen LogP contribution < -0.4 is 5.56 Å². The van der Waals surface area contributed by atoms with Crippen molar-refractivity contribution in [3.05, 3.63) is 46.4 Å². The van der Waals surface area contributed by atoms with E-state index in [2.05, 4.69) is 0 Å². The van der Waals surface area contributed by atoms with E-state index in [9.17, 15) is 4.79 Å². The van der Waals surface area contributed by atoms with E-state index in [0.717, 1.165) is 16.5 Å². The molecular weight excluding hydrogens is 210 g/mol. The molecule has 0 N–H and O–H groups in total. The topological polar surface area (TPSA) is 22.0 Å². The third-order valence-electron chi connectivity index (χ3n) is 2.53. The van der Waals surface area contributed by atoms with E-state index in [1.54, 1.807) is 4.57 Å². The van der Waals surface area contributed by atoms with Crippen LogP contribution in [0.3, 0.4) is 0 Å². The van der Waals surface area contributed by atoms with Crippen molar-refractivity contribution >= 4 is 22.4 Å². The first kappa shape index (κ1) is 10.2. The molecule has 78 valence electrons. The highest BCUT2D eigenvalue weighted by atomic mass is 35.5. The lowest BCUT2D eigenvalue weighted by molar-refractivity contribution is 0.713. The van der Waals surface area contributed by atoms with Gasteiger partial charge in [0.2, 0.25) is 0 Å². The lowest BCUT2D eigenvalue weighted by Crippen LogP contribution is -2.23. The monoisotopic (exact) mass is 221 g/mol. The van der Waals surface area contributed by atoms with E-state index < -0.39 is 0 Å². The van der Waals surface area contributed by atoms with Crippen molar-refractivity contribution in [2.24, 2.45) is 0 Å². The van der Waals surface area contributed by atoms with Crippen LogP contribution in [-0.4, -0.2) is 10.4 Å². The zero-order valence-corrected chi connectivity index (χ0v) is 9.29. The van der Waals surface area contributed by atoms with Gasteiger partial charge in [-0.05, 0) is 24.4 Å². The standard InChI is InChI=1S/C12H12ClNO/c1-9-8-10-4-2-3-5-11(10)12(15)14(9)7-6-13/h2-5,8H,6-7H2,1H3. The number of alkyl halides is 1. The number of fused-ring (bicyclic) bond motifs is 1. The number of aryl methyl sites for hydroxylation is 1. The summed E-state index contributed by atoms with van der Waals surface area (Å²) >= 11 is 5.67. The number of nitrogens with zero attached hydrogens (tertiary/aromatic N) is 1. The first-order chi connectivity index (χ1) is 7.24. The van der Waals surface area contributed by atoms with Crippen molar-refractivity contribution in [2.45, 2.75) is 13.5 Å². The molecule has 0 saturated carbocycles. The van der Waals surface area contributed by atoms with Gasteiger partial charge in [0.15, 0.2) is 0 Å². The number of hydrogen-bond donors (Lipinski definition) is 0. The molecule has 0 fully saturated rings. The summed E-state index contributed by atoms with van der Waals surface area (Å²) in [6, 6.07) is 9.64. The average Bonchev–Trinajstić information content (AvgIpc) is 2.24. The Bertz CT molecular complexity index is 545. The van der Waals surface area contributed by atoms with Gasteiger partial charge in [-0.3, -0.25) is 4.79 Å². The molecule has 0 amide bonds. The molecule has 1 aromatic heterocycles. The van der Waals surface area contributed by atoms with Crippen LogP contribution >= 0.6 is 11.6 Å². The maximum atomic E-state index is 12.0. The predicted molar refractivity (Wildman–Crippen MR) is 63.7 cm³/mol. The van der Waals surface area contributed by atoms with E-state index in [-0.39, 0.29) is 5.56 Å². The van der Waals surface area contributed by atoms with Crippen molar-refractivity contribution in [3.8, 4) is 0 Å². The minimum Gasteiger partial charge on any atom is -0.311 e. The minimum absolute atomic E-state index is 0.0475. The molecule has 1 aromatic carbocycles. The fraction of sp³-hybridized carbons (Fsp3) is 0.250. The Hall–Kier alpha value is -1.28. The third-order valence-corrected chi connectivity index (χ3v) is 2.70. The molecule has 0 aliphatic carbocycles. The lowest BCUT2D eigenvalue weighted by Gasteiger charge is -2.09. The predicted octanol–water partition coefficient (Wildman–Crippen LogP) is 2.55. The fourth-order valence-electron chi connectivity index (χ4n) is 1.79. The molecule has 2 rings (SSSR count). The zero-order chi connectivity index (χ0) is 10.8. The second-order valence-corrected chi connectivity index (χ2v) is 3.90. The van der Waals surface area contributed by atoms with Gasteiger partial charge in [-0.25, -0.2) is 0 Å². The largest absolute Gasteiger partial charge is 0.311 e. The van der Waals surface area contributed by atoms with E-state index in [1.165, 1.54) is 0 Å². The van der Waals surface area contributed by atoms with Gasteiger partial charge in [0.25, 0.3) is 5.56 Å². The lowest BCUT2D eigenvalue weighted by atomic mass is 10.1. The third kappa shape index (κ3) is 1.77. The summed E-state index contributed by atoms with van der Waals surface area (Å²) in [5.74, 6) is 0.457. The smallest absolute Gasteiger partial charge is 0.258 e. The van der Waals surface area contributed by atoms with Crippen molar-refractivity contribution < 1.29 is 0 Å². The molecule has 0 unspecified atom stereocenters. The Morgan fingerprint density at radius 3 is 2.80 bits per heavy atom. The summed E-state index contributed by atoms with van der Waals surface area (Å²) in [5.41, 5.74) is 1.01. The highest BCUT2D eigenvalue weighted by Gasteiger charge is 2.04. The van der Waals surface area contributed by atoms with Gasteiger partial charge in [0.1, 0.15) is 0 Å². The molecule has 0 bridgehead atoms. The van der Waals surface area contributed by atoms with E-state index in [0.29, 0.717) is 12.4 Å². The maximum absolute atomic E-state index is 12.0. The number of aromatic nitrogens is 1. The van der Waals surface area contributed by atoms with Crippen molar-refractivity contribution in [1.29, 1.82) is 0 Å². The Balaban J connectivity index is 2.78. The second-order valence-electron chi connectivity index (χ2n) is 3.52. The Morgan fingerprint density at radius 2 is 2.07 bits per heavy atom. The summed E-state index contributed by atoms with van der Waals surface area (Å²) < 4.78 is 1.72. The van der Waals surface area contributed by atoms with Crippen molar-refractivity contribution in [1.82, 2.24) is 4.57 Å². The summed E-state index contributed by atoms with van der Waals surface area (Å²) in [4.78, 5) is 12.0. The number of halogens is 1. The molecule has 0 aliphatic rings. The van der Waals surface area contributed by atoms with Gasteiger partial charge in [0.05, 0.1) is 0 Å². The average molecular weight is 222 g/mol. The molecular formula is C12H12ClNO. The first-order valence-corrected chi connectivity index (χ1v) is 5.42. The van der Waals surface area contributed by atoms with Gasteiger partial charge >= 0.3 is 0 Å². The van der Waals surface area contributed by atoms with Gasteiger partial charge in [-0.15, -0.1) is 11.6 Å². The van der Waals surface area contributed by atoms with Crippen LogP contribution in [0.25, 0.3) is 10.8 Å². The van der Waals surface area contributed by atoms with Crippen LogP contribution in [0.15, 0.2) is 35.1 Å². The quantitative estimate of drug-likeness (QED) is 0.715. The van der Waals surface area contributed by atoms with Crippen LogP contribution in [0.2, 0.25) is 0 Å². The highest BCUT2D eigenvalue weighted by Crippen LogP contribution is 2.11. The molecule has 3 heteroatoms. The van der Waals surface area contributed by atoms with E-state index >= 15 is 0 Å². The van der Waals surface area contributed by atoms with Crippen LogP contribution in [0.5, 0.6) is 0 Å². The van der Waals surface area contributed by atoms with Gasteiger partial charge in [0, 0.05) is 23.5 Å². The van der Waals surface area contributed by atoms with Crippen LogP contribution in [0, 0.1) is 6.92 Å². The molecule has 0 aliphatic heterocycles. The summed E-state index contributed by atoms with van der Waals surface area (Å²) in [7, 11) is 0. The Morgan fingerprint density at radius 1 is 1.33 bits per heavy atom. The Labute approximate surface area is 93.1 Å². The Kier molecular flexibility index (Phi) is 2.78. The van der Waals surface area contributed by atoms with Gasteiger partial charge < -0.3 is 4.57 Å². The van der Waals surface area contributed by atoms with Gasteiger partial charge in [-0.2, -0.15) is 0 Å². The number of benzene rings is 1. The second kappa shape index (κ2) is 4.07. The maximum Gasteiger partial charge on any atom is 0.258 e. The van der Waals surface area contributed by atoms with E-state index in [1.807, 2.05) is 37.3 Å². The summed E-state index contributed by atoms with van der Waals surface area (Å²) in [6.07, 6.45) is 0. The first-order valence-electron chi connectivity index (χ1n) is 4.89. The molecule has 2 aromatic rings. The normalized spacial score (nSPS) is 10.8. The number of pyridine rings is 1. The minimum atomic E-state index is 0.0475. The van der Waals surface area contributed by atoms with Crippen LogP contribution in [-0.2, 0) is 6.54 Å². The molecule has 0 atom stereocenters. The van der Waals surface area contributed by atoms with Crippen LogP contribution in [0.1, 0.15) is 5.69 Å². The van der Waals surface area contributed by atoms with Gasteiger partial charge in [-0.1, -0.05) is 18.2 Å². The summed E-state index contributed by atoms with van der Waals surface area (Å²) in [5, 5.41) is 1.75. The molecule has 0 radical (unpaired) electrons. The SMILES string of the molecule is Cc1cc2ccccc2c(=O)n1CCCl. The fourth-order valence-corrected chi connectivity index (χ4v) is 1.96. The van der Waals surface area contributed by atoms with Crippen molar-refractivity contribution in [2.75, 3.05) is 5.88 Å². The van der Waals surface area contributed by atoms with E-state index in [4.69, 9.17) is 11.6 Å². The molecule has 1 heterocycles. The summed E-state index contributed by atoms with van der Waals surface area (Å²) in [6.45, 7) is 2.50. The number of rotatable bonds is 2.